The van der Waals surface area contributed by atoms with Crippen molar-refractivity contribution < 1.29 is 19.0 Å². The normalized spacial score (nSPS) is 14.7. The largest absolute Gasteiger partial charge is 0.493 e. The third-order valence-electron chi connectivity index (χ3n) is 6.21. The predicted molar refractivity (Wildman–Crippen MR) is 142 cm³/mol. The number of nitrogens with one attached hydrogen (secondary N) is 2. The Morgan fingerprint density at radius 2 is 1.81 bits per heavy atom. The monoisotopic (exact) mass is 509 g/mol. The average molecular weight is 510 g/mol. The van der Waals surface area contributed by atoms with E-state index >= 15 is 0 Å². The van der Waals surface area contributed by atoms with Crippen LogP contribution in [0.1, 0.15) is 36.6 Å². The Morgan fingerprint density at radius 3 is 2.42 bits per heavy atom. The lowest BCUT2D eigenvalue weighted by Crippen LogP contribution is -2.31. The zero-order valence-electron chi connectivity index (χ0n) is 21.6. The van der Waals surface area contributed by atoms with Crippen LogP contribution >= 0.6 is 11.8 Å². The summed E-state index contributed by atoms with van der Waals surface area (Å²) in [4.78, 5) is 18.5. The van der Waals surface area contributed by atoms with E-state index in [1.807, 2.05) is 58.0 Å². The SMILES string of the molecule is CCSc1nc2n(n1)C(c1cc(OC)c(OC)c(OC)c1)C(C(=O)Nc1cccc(C)c1C)=C(C)N2. The molecule has 0 bridgehead atoms. The van der Waals surface area contributed by atoms with Gasteiger partial charge in [-0.1, -0.05) is 30.8 Å². The van der Waals surface area contributed by atoms with Crippen LogP contribution in [0.3, 0.4) is 0 Å². The summed E-state index contributed by atoms with van der Waals surface area (Å²) in [7, 11) is 4.69. The molecule has 1 aliphatic heterocycles. The van der Waals surface area contributed by atoms with Gasteiger partial charge in [-0.15, -0.1) is 5.10 Å². The van der Waals surface area contributed by atoms with Crippen molar-refractivity contribution in [2.45, 2.75) is 38.9 Å². The fourth-order valence-corrected chi connectivity index (χ4v) is 4.81. The van der Waals surface area contributed by atoms with E-state index in [0.717, 1.165) is 28.1 Å². The molecule has 0 radical (unpaired) electrons. The van der Waals surface area contributed by atoms with Gasteiger partial charge in [0, 0.05) is 11.4 Å². The second-order valence-electron chi connectivity index (χ2n) is 8.32. The maximum absolute atomic E-state index is 13.8. The first kappa shape index (κ1) is 25.4. The number of ether oxygens (including phenoxy) is 3. The van der Waals surface area contributed by atoms with Crippen molar-refractivity contribution in [1.29, 1.82) is 0 Å². The molecule has 9 nitrogen and oxygen atoms in total. The molecule has 2 aromatic carbocycles. The highest BCUT2D eigenvalue weighted by Gasteiger charge is 2.36. The maximum atomic E-state index is 13.8. The number of amides is 1. The summed E-state index contributed by atoms with van der Waals surface area (Å²) in [6.07, 6.45) is 0. The summed E-state index contributed by atoms with van der Waals surface area (Å²) in [5.74, 6) is 2.60. The Labute approximate surface area is 215 Å². The number of methoxy groups -OCH3 is 3. The highest BCUT2D eigenvalue weighted by Crippen LogP contribution is 2.44. The summed E-state index contributed by atoms with van der Waals surface area (Å²) in [6, 6.07) is 8.95. The number of nitrogens with zero attached hydrogens (tertiary/aromatic N) is 3. The topological polar surface area (TPSA) is 99.5 Å². The van der Waals surface area contributed by atoms with Crippen molar-refractivity contribution in [2.24, 2.45) is 0 Å². The number of rotatable bonds is 8. The fraction of sp³-hybridized carbons (Fsp3) is 0.346. The van der Waals surface area contributed by atoms with E-state index in [2.05, 4.69) is 15.6 Å². The molecule has 1 amide bonds. The third kappa shape index (κ3) is 4.60. The van der Waals surface area contributed by atoms with Crippen LogP contribution in [0.5, 0.6) is 17.2 Å². The second kappa shape index (κ2) is 10.5. The number of aryl methyl sites for hydroxylation is 1. The van der Waals surface area contributed by atoms with Gasteiger partial charge in [0.05, 0.1) is 26.9 Å². The number of hydrogen-bond donors (Lipinski definition) is 2. The van der Waals surface area contributed by atoms with E-state index in [4.69, 9.17) is 19.3 Å². The summed E-state index contributed by atoms with van der Waals surface area (Å²) in [6.45, 7) is 7.92. The molecule has 0 fully saturated rings. The van der Waals surface area contributed by atoms with Crippen molar-refractivity contribution in [2.75, 3.05) is 37.7 Å². The minimum Gasteiger partial charge on any atom is -0.493 e. The number of carbonyl (C=O) groups is 1. The van der Waals surface area contributed by atoms with Crippen LogP contribution in [0.4, 0.5) is 11.6 Å². The van der Waals surface area contributed by atoms with Crippen LogP contribution in [-0.4, -0.2) is 47.8 Å². The van der Waals surface area contributed by atoms with E-state index in [1.165, 1.54) is 11.8 Å². The fourth-order valence-electron chi connectivity index (χ4n) is 4.26. The minimum atomic E-state index is -0.584. The van der Waals surface area contributed by atoms with E-state index in [-0.39, 0.29) is 5.91 Å². The third-order valence-corrected chi connectivity index (χ3v) is 6.93. The highest BCUT2D eigenvalue weighted by molar-refractivity contribution is 7.99. The van der Waals surface area contributed by atoms with Gasteiger partial charge >= 0.3 is 0 Å². The smallest absolute Gasteiger partial charge is 0.255 e. The zero-order chi connectivity index (χ0) is 26.0. The second-order valence-corrected chi connectivity index (χ2v) is 9.55. The average Bonchev–Trinajstić information content (AvgIpc) is 3.26. The Bertz CT molecular complexity index is 1310. The Kier molecular flexibility index (Phi) is 7.44. The quantitative estimate of drug-likeness (QED) is 0.411. The van der Waals surface area contributed by atoms with Gasteiger partial charge in [0.15, 0.2) is 11.5 Å². The molecule has 0 aliphatic carbocycles. The van der Waals surface area contributed by atoms with Crippen LogP contribution in [-0.2, 0) is 4.79 Å². The number of allylic oxidation sites excluding steroid dienone is 1. The predicted octanol–water partition coefficient (Wildman–Crippen LogP) is 4.96. The molecule has 3 aromatic rings. The lowest BCUT2D eigenvalue weighted by Gasteiger charge is -2.29. The number of thioether (sulfide) groups is 1. The molecule has 190 valence electrons. The first-order valence-corrected chi connectivity index (χ1v) is 12.6. The first-order chi connectivity index (χ1) is 17.3. The molecule has 1 aromatic heterocycles. The molecule has 10 heteroatoms. The zero-order valence-corrected chi connectivity index (χ0v) is 22.4. The molecule has 1 aliphatic rings. The van der Waals surface area contributed by atoms with Crippen LogP contribution < -0.4 is 24.8 Å². The summed E-state index contributed by atoms with van der Waals surface area (Å²) >= 11 is 1.53. The van der Waals surface area contributed by atoms with Crippen LogP contribution in [0.15, 0.2) is 46.8 Å². The standard InChI is InChI=1S/C26H31N5O4S/c1-8-36-26-29-25-27-16(4)21(24(32)28-18-11-9-10-14(2)15(18)3)22(31(25)30-26)17-12-19(33-5)23(35-7)20(13-17)34-6/h9-13,22H,8H2,1-7H3,(H,28,32)(H,27,29,30). The van der Waals surface area contributed by atoms with Crippen molar-refractivity contribution in [1.82, 2.24) is 14.8 Å². The summed E-state index contributed by atoms with van der Waals surface area (Å²) in [5.41, 5.74) is 4.81. The highest BCUT2D eigenvalue weighted by atomic mass is 32.2. The van der Waals surface area contributed by atoms with Crippen LogP contribution in [0.2, 0.25) is 0 Å². The van der Waals surface area contributed by atoms with Crippen LogP contribution in [0, 0.1) is 13.8 Å². The van der Waals surface area contributed by atoms with Gasteiger partial charge < -0.3 is 24.8 Å². The Hall–Kier alpha value is -3.66. The molecule has 1 unspecified atom stereocenters. The van der Waals surface area contributed by atoms with E-state index in [1.54, 1.807) is 26.0 Å². The molecule has 2 heterocycles. The molecule has 2 N–H and O–H groups in total. The minimum absolute atomic E-state index is 0.238. The van der Waals surface area contributed by atoms with Crippen molar-refractivity contribution in [3.63, 3.8) is 0 Å². The van der Waals surface area contributed by atoms with Crippen LogP contribution in [0.25, 0.3) is 0 Å². The van der Waals surface area contributed by atoms with Gasteiger partial charge in [0.1, 0.15) is 6.04 Å². The molecule has 0 spiro atoms. The Balaban J connectivity index is 1.88. The lowest BCUT2D eigenvalue weighted by molar-refractivity contribution is -0.113. The number of aromatic nitrogens is 3. The Morgan fingerprint density at radius 1 is 1.11 bits per heavy atom. The van der Waals surface area contributed by atoms with Gasteiger partial charge in [-0.3, -0.25) is 4.79 Å². The number of fused-ring (bicyclic) bond motifs is 1. The molecule has 0 saturated carbocycles. The number of carbonyl (C=O) groups excluding carboxylic acids is 1. The summed E-state index contributed by atoms with van der Waals surface area (Å²) < 4.78 is 18.5. The summed E-state index contributed by atoms with van der Waals surface area (Å²) in [5, 5.41) is 11.7. The molecule has 36 heavy (non-hydrogen) atoms. The number of hydrogen-bond acceptors (Lipinski definition) is 8. The van der Waals surface area contributed by atoms with Crippen molar-refractivity contribution in [3.05, 3.63) is 58.3 Å². The maximum Gasteiger partial charge on any atom is 0.255 e. The molecular weight excluding hydrogens is 478 g/mol. The van der Waals surface area contributed by atoms with Gasteiger partial charge in [0.25, 0.3) is 5.91 Å². The van der Waals surface area contributed by atoms with Crippen molar-refractivity contribution in [3.8, 4) is 17.2 Å². The molecule has 1 atom stereocenters. The van der Waals surface area contributed by atoms with Gasteiger partial charge in [0.2, 0.25) is 16.9 Å². The van der Waals surface area contributed by atoms with E-state index < -0.39 is 6.04 Å². The molecule has 4 rings (SSSR count). The van der Waals surface area contributed by atoms with E-state index in [0.29, 0.717) is 39.6 Å². The molecule has 0 saturated heterocycles. The van der Waals surface area contributed by atoms with Gasteiger partial charge in [-0.25, -0.2) is 4.68 Å². The number of benzene rings is 2. The first-order valence-electron chi connectivity index (χ1n) is 11.6. The lowest BCUT2D eigenvalue weighted by atomic mass is 9.94. The van der Waals surface area contributed by atoms with Crippen molar-refractivity contribution >= 4 is 29.3 Å². The van der Waals surface area contributed by atoms with Gasteiger partial charge in [-0.2, -0.15) is 4.98 Å². The molecular formula is C26H31N5O4S. The van der Waals surface area contributed by atoms with E-state index in [9.17, 15) is 4.79 Å². The number of anilines is 2. The van der Waals surface area contributed by atoms with Gasteiger partial charge in [-0.05, 0) is 61.4 Å².